The third-order valence-corrected chi connectivity index (χ3v) is 4.66. The molecular weight excluding hydrogens is 334 g/mol. The van der Waals surface area contributed by atoms with Crippen LogP contribution < -0.4 is 10.6 Å². The zero-order chi connectivity index (χ0) is 14.1. The van der Waals surface area contributed by atoms with Crippen molar-refractivity contribution in [3.05, 3.63) is 52.5 Å². The summed E-state index contributed by atoms with van der Waals surface area (Å²) in [6.07, 6.45) is 0. The van der Waals surface area contributed by atoms with Crippen LogP contribution in [0, 0.1) is 0 Å². The van der Waals surface area contributed by atoms with E-state index in [0.29, 0.717) is 0 Å². The van der Waals surface area contributed by atoms with Crippen molar-refractivity contribution >= 4 is 48.3 Å². The highest BCUT2D eigenvalue weighted by Gasteiger charge is 2.09. The van der Waals surface area contributed by atoms with Crippen molar-refractivity contribution in [1.82, 2.24) is 4.98 Å². The van der Waals surface area contributed by atoms with Crippen LogP contribution in [-0.4, -0.2) is 12.0 Å². The van der Waals surface area contributed by atoms with Crippen LogP contribution in [0.1, 0.15) is 5.56 Å². The Balaban J connectivity index is 1.86. The number of halogens is 1. The number of rotatable bonds is 3. The number of thiazole rings is 1. The molecule has 2 aromatic carbocycles. The lowest BCUT2D eigenvalue weighted by Crippen LogP contribution is -2.15. The monoisotopic (exact) mass is 347 g/mol. The molecule has 0 saturated carbocycles. The highest BCUT2D eigenvalue weighted by atomic mass is 79.9. The average Bonchev–Trinajstić information content (AvgIpc) is 2.81. The van der Waals surface area contributed by atoms with E-state index in [2.05, 4.69) is 45.0 Å². The summed E-state index contributed by atoms with van der Waals surface area (Å²) in [7, 11) is 2.06. The number of nitrogens with two attached hydrogens (primary N) is 1. The predicted octanol–water partition coefficient (Wildman–Crippen LogP) is 4.28. The number of hydrogen-bond donors (Lipinski definition) is 1. The molecule has 0 amide bonds. The third-order valence-electron chi connectivity index (χ3n) is 3.04. The SMILES string of the molecule is CN(Cc1cccc(Br)c1)c1nc2ccc(N)cc2s1. The maximum Gasteiger partial charge on any atom is 0.186 e. The molecule has 0 atom stereocenters. The molecule has 102 valence electrons. The summed E-state index contributed by atoms with van der Waals surface area (Å²) < 4.78 is 2.22. The zero-order valence-corrected chi connectivity index (χ0v) is 13.4. The molecule has 0 fully saturated rings. The van der Waals surface area contributed by atoms with Crippen LogP contribution in [0.2, 0.25) is 0 Å². The lowest BCUT2D eigenvalue weighted by atomic mass is 10.2. The fourth-order valence-corrected chi connectivity index (χ4v) is 3.49. The maximum atomic E-state index is 5.81. The van der Waals surface area contributed by atoms with Crippen LogP contribution in [0.3, 0.4) is 0 Å². The van der Waals surface area contributed by atoms with Gasteiger partial charge in [-0.3, -0.25) is 0 Å². The lowest BCUT2D eigenvalue weighted by molar-refractivity contribution is 0.916. The highest BCUT2D eigenvalue weighted by molar-refractivity contribution is 9.10. The minimum Gasteiger partial charge on any atom is -0.399 e. The number of fused-ring (bicyclic) bond motifs is 1. The number of anilines is 2. The van der Waals surface area contributed by atoms with Gasteiger partial charge in [0.15, 0.2) is 5.13 Å². The van der Waals surface area contributed by atoms with Gasteiger partial charge in [0.1, 0.15) is 0 Å². The molecule has 1 aromatic heterocycles. The van der Waals surface area contributed by atoms with Crippen molar-refractivity contribution in [3.8, 4) is 0 Å². The van der Waals surface area contributed by atoms with E-state index < -0.39 is 0 Å². The molecule has 5 heteroatoms. The van der Waals surface area contributed by atoms with Gasteiger partial charge in [-0.2, -0.15) is 0 Å². The first-order chi connectivity index (χ1) is 9.61. The molecule has 1 heterocycles. The maximum absolute atomic E-state index is 5.81. The first-order valence-electron chi connectivity index (χ1n) is 6.23. The van der Waals surface area contributed by atoms with Crippen LogP contribution in [0.4, 0.5) is 10.8 Å². The lowest BCUT2D eigenvalue weighted by Gasteiger charge is -2.15. The fraction of sp³-hybridized carbons (Fsp3) is 0.133. The molecule has 0 aliphatic heterocycles. The third kappa shape index (κ3) is 2.78. The number of benzene rings is 2. The summed E-state index contributed by atoms with van der Waals surface area (Å²) in [5, 5.41) is 1.01. The van der Waals surface area contributed by atoms with E-state index in [1.165, 1.54) is 5.56 Å². The average molecular weight is 348 g/mol. The van der Waals surface area contributed by atoms with E-state index in [-0.39, 0.29) is 0 Å². The Bertz CT molecular complexity index is 754. The van der Waals surface area contributed by atoms with E-state index in [0.717, 1.165) is 32.1 Å². The summed E-state index contributed by atoms with van der Waals surface area (Å²) in [4.78, 5) is 6.80. The minimum absolute atomic E-state index is 0.780. The van der Waals surface area contributed by atoms with Gasteiger partial charge >= 0.3 is 0 Å². The Hall–Kier alpha value is -1.59. The molecule has 3 aromatic rings. The Kier molecular flexibility index (Phi) is 3.63. The topological polar surface area (TPSA) is 42.2 Å². The molecular formula is C15H14BrN3S. The normalized spacial score (nSPS) is 10.9. The van der Waals surface area contributed by atoms with Gasteiger partial charge in [-0.1, -0.05) is 39.4 Å². The van der Waals surface area contributed by atoms with E-state index in [1.54, 1.807) is 11.3 Å². The number of nitrogens with zero attached hydrogens (tertiary/aromatic N) is 2. The molecule has 0 bridgehead atoms. The standard InChI is InChI=1S/C15H14BrN3S/c1-19(9-10-3-2-4-11(16)7-10)15-18-13-6-5-12(17)8-14(13)20-15/h2-8H,9,17H2,1H3. The van der Waals surface area contributed by atoms with Gasteiger partial charge in [0.2, 0.25) is 0 Å². The molecule has 20 heavy (non-hydrogen) atoms. The predicted molar refractivity (Wildman–Crippen MR) is 90.3 cm³/mol. The summed E-state index contributed by atoms with van der Waals surface area (Å²) in [6, 6.07) is 14.2. The smallest absolute Gasteiger partial charge is 0.186 e. The van der Waals surface area contributed by atoms with Crippen molar-refractivity contribution < 1.29 is 0 Å². The Labute approximate surface area is 130 Å². The van der Waals surface area contributed by atoms with E-state index in [4.69, 9.17) is 5.73 Å². The first-order valence-corrected chi connectivity index (χ1v) is 7.84. The molecule has 0 spiro atoms. The molecule has 0 aliphatic carbocycles. The van der Waals surface area contributed by atoms with Crippen molar-refractivity contribution in [3.63, 3.8) is 0 Å². The quantitative estimate of drug-likeness (QED) is 0.719. The van der Waals surface area contributed by atoms with Crippen LogP contribution in [0.25, 0.3) is 10.2 Å². The van der Waals surface area contributed by atoms with E-state index in [9.17, 15) is 0 Å². The number of nitrogen functional groups attached to an aromatic ring is 1. The first kappa shape index (κ1) is 13.4. The van der Waals surface area contributed by atoms with Crippen LogP contribution in [-0.2, 0) is 6.54 Å². The van der Waals surface area contributed by atoms with Gasteiger partial charge in [-0.25, -0.2) is 4.98 Å². The van der Waals surface area contributed by atoms with Crippen molar-refractivity contribution in [2.24, 2.45) is 0 Å². The number of aromatic nitrogens is 1. The fourth-order valence-electron chi connectivity index (χ4n) is 2.07. The van der Waals surface area contributed by atoms with Crippen molar-refractivity contribution in [1.29, 1.82) is 0 Å². The van der Waals surface area contributed by atoms with Crippen molar-refractivity contribution in [2.45, 2.75) is 6.54 Å². The van der Waals surface area contributed by atoms with E-state index in [1.807, 2.05) is 30.3 Å². The van der Waals surface area contributed by atoms with Crippen molar-refractivity contribution in [2.75, 3.05) is 17.7 Å². The van der Waals surface area contributed by atoms with Gasteiger partial charge < -0.3 is 10.6 Å². The van der Waals surface area contributed by atoms with E-state index >= 15 is 0 Å². The molecule has 3 nitrogen and oxygen atoms in total. The van der Waals surface area contributed by atoms with Crippen LogP contribution in [0.15, 0.2) is 46.9 Å². The highest BCUT2D eigenvalue weighted by Crippen LogP contribution is 2.30. The summed E-state index contributed by atoms with van der Waals surface area (Å²) >= 11 is 5.17. The van der Waals surface area contributed by atoms with Crippen LogP contribution >= 0.6 is 27.3 Å². The zero-order valence-electron chi connectivity index (χ0n) is 11.0. The van der Waals surface area contributed by atoms with Gasteiger partial charge in [0.25, 0.3) is 0 Å². The number of hydrogen-bond acceptors (Lipinski definition) is 4. The largest absolute Gasteiger partial charge is 0.399 e. The molecule has 0 saturated heterocycles. The molecule has 0 aliphatic rings. The van der Waals surface area contributed by atoms with Crippen LogP contribution in [0.5, 0.6) is 0 Å². The van der Waals surface area contributed by atoms with Gasteiger partial charge in [-0.05, 0) is 35.9 Å². The van der Waals surface area contributed by atoms with Gasteiger partial charge in [0.05, 0.1) is 10.2 Å². The summed E-state index contributed by atoms with van der Waals surface area (Å²) in [5.74, 6) is 0. The second kappa shape index (κ2) is 5.42. The second-order valence-electron chi connectivity index (χ2n) is 4.71. The second-order valence-corrected chi connectivity index (χ2v) is 6.63. The summed E-state index contributed by atoms with van der Waals surface area (Å²) in [6.45, 7) is 0.828. The summed E-state index contributed by atoms with van der Waals surface area (Å²) in [5.41, 5.74) is 8.84. The molecule has 3 rings (SSSR count). The Morgan fingerprint density at radius 1 is 1.25 bits per heavy atom. The minimum atomic E-state index is 0.780. The Morgan fingerprint density at radius 2 is 2.10 bits per heavy atom. The van der Waals surface area contributed by atoms with Gasteiger partial charge in [0, 0.05) is 23.8 Å². The Morgan fingerprint density at radius 3 is 2.90 bits per heavy atom. The molecule has 0 radical (unpaired) electrons. The molecule has 2 N–H and O–H groups in total. The molecule has 0 unspecified atom stereocenters. The van der Waals surface area contributed by atoms with Gasteiger partial charge in [-0.15, -0.1) is 0 Å².